The van der Waals surface area contributed by atoms with Crippen LogP contribution in [0.5, 0.6) is 0 Å². The van der Waals surface area contributed by atoms with Crippen LogP contribution in [0.25, 0.3) is 0 Å². The quantitative estimate of drug-likeness (QED) is 0.801. The molecule has 0 saturated carbocycles. The van der Waals surface area contributed by atoms with Gasteiger partial charge in [0.05, 0.1) is 7.11 Å². The van der Waals surface area contributed by atoms with E-state index in [1.165, 1.54) is 12.1 Å². The second-order valence-electron chi connectivity index (χ2n) is 4.54. The maximum atomic E-state index is 11.8. The molecule has 1 aliphatic heterocycles. The molecule has 1 heterocycles. The first-order chi connectivity index (χ1) is 9.20. The fourth-order valence-electron chi connectivity index (χ4n) is 2.15. The van der Waals surface area contributed by atoms with Crippen molar-refractivity contribution < 1.29 is 14.3 Å². The summed E-state index contributed by atoms with van der Waals surface area (Å²) in [7, 11) is 1.35. The molecule has 2 rings (SSSR count). The van der Waals surface area contributed by atoms with Crippen molar-refractivity contribution in [3.63, 3.8) is 0 Å². The molecule has 0 bridgehead atoms. The highest BCUT2D eigenvalue weighted by Crippen LogP contribution is 2.10. The third kappa shape index (κ3) is 3.54. The summed E-state index contributed by atoms with van der Waals surface area (Å²) in [6.45, 7) is 0.640. The van der Waals surface area contributed by atoms with Crippen LogP contribution in [0.2, 0.25) is 0 Å². The van der Waals surface area contributed by atoms with Gasteiger partial charge in [-0.25, -0.2) is 5.43 Å². The van der Waals surface area contributed by atoms with Crippen LogP contribution < -0.4 is 5.43 Å². The highest BCUT2D eigenvalue weighted by atomic mass is 16.5. The predicted octanol–water partition coefficient (Wildman–Crippen LogP) is 0.898. The van der Waals surface area contributed by atoms with Gasteiger partial charge in [-0.15, -0.1) is 0 Å². The number of hydrogen-bond donors (Lipinski definition) is 1. The van der Waals surface area contributed by atoms with E-state index in [4.69, 9.17) is 4.74 Å². The van der Waals surface area contributed by atoms with Crippen molar-refractivity contribution in [3.05, 3.63) is 35.9 Å². The molecule has 0 aliphatic carbocycles. The Bertz CT molecular complexity index is 447. The molecule has 1 saturated heterocycles. The number of nitrogens with zero attached hydrogens (tertiary/aromatic N) is 1. The highest BCUT2D eigenvalue weighted by molar-refractivity contribution is 5.79. The number of hydrazine groups is 1. The Morgan fingerprint density at radius 1 is 1.42 bits per heavy atom. The van der Waals surface area contributed by atoms with Crippen molar-refractivity contribution in [2.24, 2.45) is 0 Å². The van der Waals surface area contributed by atoms with Crippen LogP contribution in [0.15, 0.2) is 30.3 Å². The van der Waals surface area contributed by atoms with Crippen LogP contribution in [0.4, 0.5) is 0 Å². The maximum absolute atomic E-state index is 11.8. The van der Waals surface area contributed by atoms with Crippen molar-refractivity contribution in [1.29, 1.82) is 0 Å². The number of ether oxygens (including phenoxy) is 1. The van der Waals surface area contributed by atoms with Gasteiger partial charge in [0, 0.05) is 19.4 Å². The van der Waals surface area contributed by atoms with E-state index in [0.29, 0.717) is 19.4 Å². The number of carbonyl (C=O) groups excluding carboxylic acids is 2. The lowest BCUT2D eigenvalue weighted by atomic mass is 10.1. The maximum Gasteiger partial charge on any atom is 0.325 e. The smallest absolute Gasteiger partial charge is 0.325 e. The van der Waals surface area contributed by atoms with Gasteiger partial charge in [-0.05, 0) is 12.0 Å². The zero-order chi connectivity index (χ0) is 13.7. The Balaban J connectivity index is 2.03. The Hall–Kier alpha value is -1.88. The lowest BCUT2D eigenvalue weighted by molar-refractivity contribution is -0.146. The minimum atomic E-state index is -0.533. The van der Waals surface area contributed by atoms with Gasteiger partial charge in [-0.2, -0.15) is 0 Å². The number of esters is 1. The normalized spacial score (nSPS) is 16.5. The first kappa shape index (κ1) is 13.5. The van der Waals surface area contributed by atoms with E-state index >= 15 is 0 Å². The van der Waals surface area contributed by atoms with Crippen molar-refractivity contribution in [1.82, 2.24) is 10.4 Å². The number of methoxy groups -OCH3 is 1. The molecule has 0 unspecified atom stereocenters. The minimum Gasteiger partial charge on any atom is -0.468 e. The lowest BCUT2D eigenvalue weighted by Gasteiger charge is -2.23. The van der Waals surface area contributed by atoms with Crippen LogP contribution in [0.3, 0.4) is 0 Å². The highest BCUT2D eigenvalue weighted by Gasteiger charge is 2.27. The van der Waals surface area contributed by atoms with Crippen molar-refractivity contribution in [3.8, 4) is 0 Å². The molecule has 1 N–H and O–H groups in total. The zero-order valence-corrected chi connectivity index (χ0v) is 11.0. The average molecular weight is 262 g/mol. The van der Waals surface area contributed by atoms with Gasteiger partial charge >= 0.3 is 5.97 Å². The number of nitrogens with one attached hydrogen (secondary N) is 1. The van der Waals surface area contributed by atoms with Crippen LogP contribution in [-0.2, 0) is 20.7 Å². The Labute approximate surface area is 112 Å². The van der Waals surface area contributed by atoms with Crippen LogP contribution in [0, 0.1) is 0 Å². The summed E-state index contributed by atoms with van der Waals surface area (Å²) in [6.07, 6.45) is 1.86. The molecule has 0 spiro atoms. The SMILES string of the molecule is COC(=O)[C@H](Cc1ccccc1)NN1CCCC1=O. The van der Waals surface area contributed by atoms with Gasteiger partial charge in [0.15, 0.2) is 0 Å². The summed E-state index contributed by atoms with van der Waals surface area (Å²) < 4.78 is 4.79. The Morgan fingerprint density at radius 2 is 2.16 bits per heavy atom. The molecule has 0 aromatic heterocycles. The standard InChI is InChI=1S/C14H18N2O3/c1-19-14(18)12(10-11-6-3-2-4-7-11)15-16-9-5-8-13(16)17/h2-4,6-7,12,15H,5,8-10H2,1H3/t12-/m0/s1. The fourth-order valence-corrected chi connectivity index (χ4v) is 2.15. The summed E-state index contributed by atoms with van der Waals surface area (Å²) >= 11 is 0. The number of carbonyl (C=O) groups is 2. The molecule has 102 valence electrons. The van der Waals surface area contributed by atoms with E-state index in [2.05, 4.69) is 5.43 Å². The van der Waals surface area contributed by atoms with Crippen molar-refractivity contribution in [2.45, 2.75) is 25.3 Å². The fraction of sp³-hybridized carbons (Fsp3) is 0.429. The van der Waals surface area contributed by atoms with E-state index in [1.54, 1.807) is 0 Å². The van der Waals surface area contributed by atoms with E-state index in [9.17, 15) is 9.59 Å². The molecule has 1 fully saturated rings. The first-order valence-electron chi connectivity index (χ1n) is 6.39. The van der Waals surface area contributed by atoms with E-state index in [0.717, 1.165) is 12.0 Å². The molecule has 5 heteroatoms. The van der Waals surface area contributed by atoms with Crippen LogP contribution in [0.1, 0.15) is 18.4 Å². The van der Waals surface area contributed by atoms with Crippen LogP contribution in [-0.4, -0.2) is 36.6 Å². The van der Waals surface area contributed by atoms with E-state index in [1.807, 2.05) is 30.3 Å². The summed E-state index contributed by atoms with van der Waals surface area (Å²) in [4.78, 5) is 23.4. The number of benzene rings is 1. The molecule has 1 aliphatic rings. The molecule has 19 heavy (non-hydrogen) atoms. The predicted molar refractivity (Wildman–Crippen MR) is 70.0 cm³/mol. The first-order valence-corrected chi connectivity index (χ1v) is 6.39. The Morgan fingerprint density at radius 3 is 2.74 bits per heavy atom. The average Bonchev–Trinajstić information content (AvgIpc) is 2.84. The number of rotatable bonds is 5. The van der Waals surface area contributed by atoms with Gasteiger partial charge in [0.2, 0.25) is 5.91 Å². The van der Waals surface area contributed by atoms with Crippen LogP contribution >= 0.6 is 0 Å². The third-order valence-electron chi connectivity index (χ3n) is 3.15. The second-order valence-corrected chi connectivity index (χ2v) is 4.54. The minimum absolute atomic E-state index is 0.0296. The topological polar surface area (TPSA) is 58.6 Å². The summed E-state index contributed by atoms with van der Waals surface area (Å²) in [6, 6.07) is 9.13. The lowest BCUT2D eigenvalue weighted by Crippen LogP contribution is -2.50. The zero-order valence-electron chi connectivity index (χ0n) is 11.0. The van der Waals surface area contributed by atoms with Gasteiger partial charge in [0.25, 0.3) is 0 Å². The number of hydrogen-bond acceptors (Lipinski definition) is 4. The molecule has 1 atom stereocenters. The Kier molecular flexibility index (Phi) is 4.52. The summed E-state index contributed by atoms with van der Waals surface area (Å²) in [5.74, 6) is -0.328. The van der Waals surface area contributed by atoms with Gasteiger partial charge in [-0.3, -0.25) is 14.6 Å². The van der Waals surface area contributed by atoms with Gasteiger partial charge in [0.1, 0.15) is 6.04 Å². The van der Waals surface area contributed by atoms with Crippen molar-refractivity contribution in [2.75, 3.05) is 13.7 Å². The molecule has 1 aromatic rings. The van der Waals surface area contributed by atoms with Crippen molar-refractivity contribution >= 4 is 11.9 Å². The summed E-state index contributed by atoms with van der Waals surface area (Å²) in [5.41, 5.74) is 4.00. The molecular formula is C14H18N2O3. The molecule has 0 radical (unpaired) electrons. The molecule has 1 amide bonds. The van der Waals surface area contributed by atoms with Gasteiger partial charge in [-0.1, -0.05) is 30.3 Å². The second kappa shape index (κ2) is 6.33. The monoisotopic (exact) mass is 262 g/mol. The molecule has 1 aromatic carbocycles. The summed E-state index contributed by atoms with van der Waals surface area (Å²) in [5, 5.41) is 1.52. The molecule has 5 nitrogen and oxygen atoms in total. The van der Waals surface area contributed by atoms with E-state index < -0.39 is 6.04 Å². The largest absolute Gasteiger partial charge is 0.468 e. The molecular weight excluding hydrogens is 244 g/mol. The third-order valence-corrected chi connectivity index (χ3v) is 3.15. The van der Waals surface area contributed by atoms with Gasteiger partial charge < -0.3 is 4.74 Å². The number of amides is 1. The van der Waals surface area contributed by atoms with E-state index in [-0.39, 0.29) is 11.9 Å².